The Morgan fingerprint density at radius 1 is 1.10 bits per heavy atom. The highest BCUT2D eigenvalue weighted by Gasteiger charge is 2.22. The summed E-state index contributed by atoms with van der Waals surface area (Å²) in [5.74, 6) is 0.451. The molecule has 2 aromatic rings. The minimum absolute atomic E-state index is 0.129. The number of sulfonamides is 1. The maximum absolute atomic E-state index is 12.6. The molecule has 21 heavy (non-hydrogen) atoms. The first kappa shape index (κ1) is 15.2. The van der Waals surface area contributed by atoms with E-state index >= 15 is 0 Å². The molecule has 0 heterocycles. The van der Waals surface area contributed by atoms with Gasteiger partial charge in [0.05, 0.1) is 23.4 Å². The van der Waals surface area contributed by atoms with Gasteiger partial charge < -0.3 is 10.5 Å². The van der Waals surface area contributed by atoms with Gasteiger partial charge in [-0.3, -0.25) is 4.31 Å². The molecule has 0 bridgehead atoms. The van der Waals surface area contributed by atoms with Crippen LogP contribution in [-0.2, 0) is 10.0 Å². The van der Waals surface area contributed by atoms with Crippen LogP contribution in [0, 0.1) is 6.92 Å². The number of nitrogen functional groups attached to an aromatic ring is 1. The molecule has 0 unspecified atom stereocenters. The van der Waals surface area contributed by atoms with Crippen LogP contribution in [0.15, 0.2) is 47.4 Å². The standard InChI is InChI=1S/C15H18N2O3S/c1-11-4-6-12(7-5-11)17(2)21(18,19)13-8-9-15(20-3)14(16)10-13/h4-10H,16H2,1-3H3. The van der Waals surface area contributed by atoms with E-state index in [1.165, 1.54) is 30.6 Å². The summed E-state index contributed by atoms with van der Waals surface area (Å²) in [7, 11) is -0.656. The van der Waals surface area contributed by atoms with Crippen molar-refractivity contribution in [3.8, 4) is 5.75 Å². The van der Waals surface area contributed by atoms with Crippen LogP contribution in [0.25, 0.3) is 0 Å². The largest absolute Gasteiger partial charge is 0.495 e. The molecule has 0 spiro atoms. The SMILES string of the molecule is COc1ccc(S(=O)(=O)N(C)c2ccc(C)cc2)cc1N. The molecule has 0 aliphatic heterocycles. The number of hydrogen-bond donors (Lipinski definition) is 1. The first-order valence-corrected chi connectivity index (χ1v) is 7.79. The molecule has 2 aromatic carbocycles. The molecule has 0 radical (unpaired) electrons. The highest BCUT2D eigenvalue weighted by Crippen LogP contribution is 2.28. The number of nitrogens with zero attached hydrogens (tertiary/aromatic N) is 1. The Kier molecular flexibility index (Phi) is 4.09. The van der Waals surface area contributed by atoms with Gasteiger partial charge in [-0.15, -0.1) is 0 Å². The predicted molar refractivity (Wildman–Crippen MR) is 84.2 cm³/mol. The van der Waals surface area contributed by atoms with E-state index in [0.717, 1.165) is 5.56 Å². The number of rotatable bonds is 4. The lowest BCUT2D eigenvalue weighted by Gasteiger charge is -2.20. The molecule has 2 rings (SSSR count). The number of ether oxygens (including phenoxy) is 1. The first-order valence-electron chi connectivity index (χ1n) is 6.35. The van der Waals surface area contributed by atoms with Gasteiger partial charge in [-0.25, -0.2) is 8.42 Å². The summed E-state index contributed by atoms with van der Waals surface area (Å²) in [5.41, 5.74) is 7.73. The quantitative estimate of drug-likeness (QED) is 0.880. The van der Waals surface area contributed by atoms with Crippen molar-refractivity contribution in [2.75, 3.05) is 24.2 Å². The zero-order valence-corrected chi connectivity index (χ0v) is 13.0. The van der Waals surface area contributed by atoms with E-state index in [1.807, 2.05) is 19.1 Å². The maximum Gasteiger partial charge on any atom is 0.264 e. The van der Waals surface area contributed by atoms with Crippen LogP contribution >= 0.6 is 0 Å². The zero-order valence-electron chi connectivity index (χ0n) is 12.2. The summed E-state index contributed by atoms with van der Waals surface area (Å²) < 4.78 is 31.5. The minimum Gasteiger partial charge on any atom is -0.495 e. The highest BCUT2D eigenvalue weighted by atomic mass is 32.2. The molecule has 2 N–H and O–H groups in total. The summed E-state index contributed by atoms with van der Waals surface area (Å²) in [4.78, 5) is 0.129. The van der Waals surface area contributed by atoms with E-state index in [9.17, 15) is 8.42 Å². The minimum atomic E-state index is -3.65. The second-order valence-corrected chi connectivity index (χ2v) is 6.68. The van der Waals surface area contributed by atoms with E-state index in [0.29, 0.717) is 11.4 Å². The van der Waals surface area contributed by atoms with Crippen molar-refractivity contribution >= 4 is 21.4 Å². The number of hydrogen-bond acceptors (Lipinski definition) is 4. The Morgan fingerprint density at radius 2 is 1.71 bits per heavy atom. The van der Waals surface area contributed by atoms with Gasteiger partial charge in [0.1, 0.15) is 5.75 Å². The monoisotopic (exact) mass is 306 g/mol. The van der Waals surface area contributed by atoms with E-state index in [2.05, 4.69) is 0 Å². The van der Waals surface area contributed by atoms with E-state index < -0.39 is 10.0 Å². The maximum atomic E-state index is 12.6. The summed E-state index contributed by atoms with van der Waals surface area (Å²) >= 11 is 0. The molecule has 0 aromatic heterocycles. The molecule has 5 nitrogen and oxygen atoms in total. The number of benzene rings is 2. The van der Waals surface area contributed by atoms with Crippen LogP contribution in [-0.4, -0.2) is 22.6 Å². The van der Waals surface area contributed by atoms with Crippen LogP contribution in [0.1, 0.15) is 5.56 Å². The van der Waals surface area contributed by atoms with Crippen LogP contribution in [0.2, 0.25) is 0 Å². The molecule has 0 amide bonds. The predicted octanol–water partition coefficient (Wildman–Crippen LogP) is 2.41. The zero-order chi connectivity index (χ0) is 15.6. The summed E-state index contributed by atoms with van der Waals surface area (Å²) in [6, 6.07) is 11.7. The fraction of sp³-hybridized carbons (Fsp3) is 0.200. The lowest BCUT2D eigenvalue weighted by Crippen LogP contribution is -2.26. The fourth-order valence-corrected chi connectivity index (χ4v) is 3.16. The smallest absolute Gasteiger partial charge is 0.264 e. The van der Waals surface area contributed by atoms with Gasteiger partial charge in [0.15, 0.2) is 0 Å². The molecule has 0 saturated carbocycles. The Bertz CT molecular complexity index is 740. The van der Waals surface area contributed by atoms with Gasteiger partial charge in [-0.1, -0.05) is 17.7 Å². The van der Waals surface area contributed by atoms with E-state index in [-0.39, 0.29) is 10.6 Å². The Morgan fingerprint density at radius 3 is 2.24 bits per heavy atom. The molecular weight excluding hydrogens is 288 g/mol. The van der Waals surface area contributed by atoms with Gasteiger partial charge in [0, 0.05) is 7.05 Å². The highest BCUT2D eigenvalue weighted by molar-refractivity contribution is 7.92. The van der Waals surface area contributed by atoms with E-state index in [1.54, 1.807) is 18.2 Å². The average Bonchev–Trinajstić information content (AvgIpc) is 2.47. The van der Waals surface area contributed by atoms with Crippen molar-refractivity contribution in [1.29, 1.82) is 0 Å². The van der Waals surface area contributed by atoms with Crippen LogP contribution in [0.5, 0.6) is 5.75 Å². The summed E-state index contributed by atoms with van der Waals surface area (Å²) in [6.45, 7) is 1.95. The lowest BCUT2D eigenvalue weighted by molar-refractivity contribution is 0.416. The molecule has 0 fully saturated rings. The Hall–Kier alpha value is -2.21. The molecular formula is C15H18N2O3S. The van der Waals surface area contributed by atoms with Crippen LogP contribution in [0.3, 0.4) is 0 Å². The molecule has 0 aliphatic carbocycles. The fourth-order valence-electron chi connectivity index (χ4n) is 1.92. The van der Waals surface area contributed by atoms with Crippen molar-refractivity contribution < 1.29 is 13.2 Å². The van der Waals surface area contributed by atoms with E-state index in [4.69, 9.17) is 10.5 Å². The van der Waals surface area contributed by atoms with Crippen LogP contribution < -0.4 is 14.8 Å². The summed E-state index contributed by atoms with van der Waals surface area (Å²) in [6.07, 6.45) is 0. The number of aryl methyl sites for hydroxylation is 1. The van der Waals surface area contributed by atoms with Crippen molar-refractivity contribution in [1.82, 2.24) is 0 Å². The van der Waals surface area contributed by atoms with Gasteiger partial charge in [0.2, 0.25) is 0 Å². The van der Waals surface area contributed by atoms with Crippen molar-refractivity contribution in [3.63, 3.8) is 0 Å². The molecule has 112 valence electrons. The average molecular weight is 306 g/mol. The third-order valence-corrected chi connectivity index (χ3v) is 5.04. The number of methoxy groups -OCH3 is 1. The van der Waals surface area contributed by atoms with Gasteiger partial charge in [0.25, 0.3) is 10.0 Å². The van der Waals surface area contributed by atoms with Crippen LogP contribution in [0.4, 0.5) is 11.4 Å². The van der Waals surface area contributed by atoms with Crippen molar-refractivity contribution in [2.24, 2.45) is 0 Å². The van der Waals surface area contributed by atoms with Crippen molar-refractivity contribution in [2.45, 2.75) is 11.8 Å². The number of nitrogens with two attached hydrogens (primary N) is 1. The Balaban J connectivity index is 2.41. The third kappa shape index (κ3) is 2.95. The summed E-state index contributed by atoms with van der Waals surface area (Å²) in [5, 5.41) is 0. The molecule has 0 aliphatic rings. The molecule has 6 heteroatoms. The Labute approximate surface area is 125 Å². The second-order valence-electron chi connectivity index (χ2n) is 4.71. The molecule has 0 atom stereocenters. The normalized spacial score (nSPS) is 11.2. The molecule has 0 saturated heterocycles. The first-order chi connectivity index (χ1) is 9.86. The van der Waals surface area contributed by atoms with Gasteiger partial charge in [-0.05, 0) is 37.3 Å². The lowest BCUT2D eigenvalue weighted by atomic mass is 10.2. The topological polar surface area (TPSA) is 72.6 Å². The van der Waals surface area contributed by atoms with Gasteiger partial charge in [-0.2, -0.15) is 0 Å². The van der Waals surface area contributed by atoms with Crippen molar-refractivity contribution in [3.05, 3.63) is 48.0 Å². The number of anilines is 2. The second kappa shape index (κ2) is 5.65. The van der Waals surface area contributed by atoms with Gasteiger partial charge >= 0.3 is 0 Å². The third-order valence-electron chi connectivity index (χ3n) is 3.26.